The molecule has 0 unspecified atom stereocenters. The van der Waals surface area contributed by atoms with Gasteiger partial charge in [0.05, 0.1) is 29.6 Å². The first-order valence-corrected chi connectivity index (χ1v) is 8.57. The van der Waals surface area contributed by atoms with Gasteiger partial charge in [-0.05, 0) is 50.8 Å². The second-order valence-corrected chi connectivity index (χ2v) is 7.25. The number of methoxy groups -OCH3 is 1. The zero-order chi connectivity index (χ0) is 18.2. The van der Waals surface area contributed by atoms with Gasteiger partial charge in [-0.15, -0.1) is 0 Å². The minimum atomic E-state index is -1.16. The molecule has 1 aromatic carbocycles. The maximum Gasteiger partial charge on any atom is 0.242 e. The molecular formula is C19H23N3O3. The Hall–Kier alpha value is -2.39. The summed E-state index contributed by atoms with van der Waals surface area (Å²) < 4.78 is 5.14. The van der Waals surface area contributed by atoms with Gasteiger partial charge in [-0.25, -0.2) is 0 Å². The molecule has 0 bridgehead atoms. The molecule has 3 rings (SSSR count). The van der Waals surface area contributed by atoms with Gasteiger partial charge in [0.1, 0.15) is 5.41 Å². The van der Waals surface area contributed by atoms with Gasteiger partial charge in [-0.2, -0.15) is 5.26 Å². The predicted octanol–water partition coefficient (Wildman–Crippen LogP) is 2.32. The summed E-state index contributed by atoms with van der Waals surface area (Å²) in [7, 11) is 1.57. The van der Waals surface area contributed by atoms with Gasteiger partial charge in [0, 0.05) is 20.2 Å². The van der Waals surface area contributed by atoms with E-state index in [4.69, 9.17) is 4.74 Å². The Morgan fingerprint density at radius 1 is 1.20 bits per heavy atom. The van der Waals surface area contributed by atoms with E-state index in [9.17, 15) is 14.9 Å². The first-order valence-electron chi connectivity index (χ1n) is 8.57. The van der Waals surface area contributed by atoms with Crippen LogP contribution in [-0.4, -0.2) is 38.6 Å². The summed E-state index contributed by atoms with van der Waals surface area (Å²) in [5.41, 5.74) is 0.619. The minimum absolute atomic E-state index is 0.185. The van der Waals surface area contributed by atoms with Crippen molar-refractivity contribution in [3.8, 4) is 6.07 Å². The van der Waals surface area contributed by atoms with E-state index in [1.54, 1.807) is 49.0 Å². The van der Waals surface area contributed by atoms with Crippen LogP contribution in [0.4, 0.5) is 11.4 Å². The van der Waals surface area contributed by atoms with Crippen molar-refractivity contribution in [1.82, 2.24) is 0 Å². The number of amides is 2. The van der Waals surface area contributed by atoms with E-state index in [0.29, 0.717) is 42.6 Å². The topological polar surface area (TPSA) is 73.6 Å². The molecule has 0 atom stereocenters. The number of rotatable bonds is 5. The number of anilines is 2. The molecule has 0 N–H and O–H groups in total. The smallest absolute Gasteiger partial charge is 0.242 e. The number of carbonyl (C=O) groups is 2. The molecule has 6 nitrogen and oxygen atoms in total. The van der Waals surface area contributed by atoms with Gasteiger partial charge >= 0.3 is 0 Å². The second-order valence-electron chi connectivity index (χ2n) is 7.25. The van der Waals surface area contributed by atoms with Crippen LogP contribution in [0.25, 0.3) is 0 Å². The summed E-state index contributed by atoms with van der Waals surface area (Å²) in [5, 5.41) is 9.26. The summed E-state index contributed by atoms with van der Waals surface area (Å²) in [6, 6.07) is 7.29. The van der Waals surface area contributed by atoms with Crippen LogP contribution in [0.3, 0.4) is 0 Å². The summed E-state index contributed by atoms with van der Waals surface area (Å²) in [5.74, 6) is 0.0448. The maximum atomic E-state index is 13.2. The number of benzene rings is 1. The predicted molar refractivity (Wildman–Crippen MR) is 94.2 cm³/mol. The molecule has 0 radical (unpaired) electrons. The standard InChI is InChI=1S/C19H23N3O3/c1-19(2)17(23)21(8-9-25-3)16-10-14(11-20)6-7-15(16)22(18(19)24)12-13-4-5-13/h6-7,10,13H,4-5,8-9,12H2,1-3H3. The molecule has 2 aliphatic rings. The number of nitriles is 1. The third-order valence-corrected chi connectivity index (χ3v) is 4.90. The van der Waals surface area contributed by atoms with E-state index in [0.717, 1.165) is 12.8 Å². The number of ether oxygens (including phenoxy) is 1. The highest BCUT2D eigenvalue weighted by atomic mass is 16.5. The van der Waals surface area contributed by atoms with Crippen LogP contribution in [0.1, 0.15) is 32.3 Å². The summed E-state index contributed by atoms with van der Waals surface area (Å²) >= 11 is 0. The first kappa shape index (κ1) is 17.4. The highest BCUT2D eigenvalue weighted by molar-refractivity contribution is 6.20. The van der Waals surface area contributed by atoms with E-state index >= 15 is 0 Å². The van der Waals surface area contributed by atoms with Crippen molar-refractivity contribution >= 4 is 23.2 Å². The van der Waals surface area contributed by atoms with E-state index in [1.165, 1.54) is 0 Å². The van der Waals surface area contributed by atoms with Gasteiger partial charge in [0.25, 0.3) is 0 Å². The zero-order valence-corrected chi connectivity index (χ0v) is 14.9. The molecule has 1 aromatic rings. The molecule has 1 saturated carbocycles. The van der Waals surface area contributed by atoms with Crippen LogP contribution in [0.15, 0.2) is 18.2 Å². The van der Waals surface area contributed by atoms with Crippen molar-refractivity contribution in [2.75, 3.05) is 36.6 Å². The molecule has 1 heterocycles. The Bertz CT molecular complexity index is 747. The molecule has 0 saturated heterocycles. The lowest BCUT2D eigenvalue weighted by molar-refractivity contribution is -0.137. The fourth-order valence-corrected chi connectivity index (χ4v) is 3.17. The highest BCUT2D eigenvalue weighted by Gasteiger charge is 2.47. The van der Waals surface area contributed by atoms with Crippen molar-refractivity contribution in [3.05, 3.63) is 23.8 Å². The maximum absolute atomic E-state index is 13.2. The van der Waals surface area contributed by atoms with Gasteiger partial charge in [0.2, 0.25) is 11.8 Å². The molecule has 0 spiro atoms. The Morgan fingerprint density at radius 3 is 2.48 bits per heavy atom. The molecule has 1 fully saturated rings. The number of fused-ring (bicyclic) bond motifs is 1. The van der Waals surface area contributed by atoms with E-state index < -0.39 is 5.41 Å². The van der Waals surface area contributed by atoms with Gasteiger partial charge in [0.15, 0.2) is 0 Å². The van der Waals surface area contributed by atoms with Gasteiger partial charge < -0.3 is 14.5 Å². The minimum Gasteiger partial charge on any atom is -0.383 e. The molecule has 25 heavy (non-hydrogen) atoms. The first-order chi connectivity index (χ1) is 11.9. The van der Waals surface area contributed by atoms with Gasteiger partial charge in [-0.3, -0.25) is 9.59 Å². The van der Waals surface area contributed by atoms with Crippen LogP contribution < -0.4 is 9.80 Å². The van der Waals surface area contributed by atoms with Crippen molar-refractivity contribution in [3.63, 3.8) is 0 Å². The lowest BCUT2D eigenvalue weighted by Crippen LogP contribution is -2.49. The normalized spacial score (nSPS) is 19.4. The summed E-state index contributed by atoms with van der Waals surface area (Å²) in [6.45, 7) is 4.66. The van der Waals surface area contributed by atoms with Crippen molar-refractivity contribution in [1.29, 1.82) is 5.26 Å². The molecule has 1 aliphatic heterocycles. The van der Waals surface area contributed by atoms with Crippen LogP contribution in [0.2, 0.25) is 0 Å². The van der Waals surface area contributed by atoms with Crippen LogP contribution in [-0.2, 0) is 14.3 Å². The average Bonchev–Trinajstić information content (AvgIpc) is 3.43. The van der Waals surface area contributed by atoms with Crippen molar-refractivity contribution < 1.29 is 14.3 Å². The highest BCUT2D eigenvalue weighted by Crippen LogP contribution is 2.42. The Kier molecular flexibility index (Phi) is 4.53. The van der Waals surface area contributed by atoms with Crippen molar-refractivity contribution in [2.24, 2.45) is 11.3 Å². The fraction of sp³-hybridized carbons (Fsp3) is 0.526. The SMILES string of the molecule is COCCN1C(=O)C(C)(C)C(=O)N(CC2CC2)c2ccc(C#N)cc21. The number of hydrogen-bond donors (Lipinski definition) is 0. The van der Waals surface area contributed by atoms with Crippen LogP contribution >= 0.6 is 0 Å². The quantitative estimate of drug-likeness (QED) is 0.771. The second kappa shape index (κ2) is 6.49. The summed E-state index contributed by atoms with van der Waals surface area (Å²) in [4.78, 5) is 29.6. The number of hydrogen-bond acceptors (Lipinski definition) is 4. The number of carbonyl (C=O) groups excluding carboxylic acids is 2. The molecule has 0 aromatic heterocycles. The third kappa shape index (κ3) is 3.12. The van der Waals surface area contributed by atoms with Crippen molar-refractivity contribution in [2.45, 2.75) is 26.7 Å². The zero-order valence-electron chi connectivity index (χ0n) is 14.9. The van der Waals surface area contributed by atoms with E-state index in [-0.39, 0.29) is 11.8 Å². The molecule has 2 amide bonds. The molecular weight excluding hydrogens is 318 g/mol. The monoisotopic (exact) mass is 341 g/mol. The molecule has 132 valence electrons. The Balaban J connectivity index is 2.15. The lowest BCUT2D eigenvalue weighted by Gasteiger charge is -2.28. The van der Waals surface area contributed by atoms with Crippen LogP contribution in [0.5, 0.6) is 0 Å². The molecule has 1 aliphatic carbocycles. The molecule has 6 heteroatoms. The Morgan fingerprint density at radius 2 is 1.88 bits per heavy atom. The summed E-state index contributed by atoms with van der Waals surface area (Å²) in [6.07, 6.45) is 2.22. The Labute approximate surface area is 148 Å². The van der Waals surface area contributed by atoms with Gasteiger partial charge in [-0.1, -0.05) is 0 Å². The van der Waals surface area contributed by atoms with E-state index in [2.05, 4.69) is 6.07 Å². The average molecular weight is 341 g/mol. The van der Waals surface area contributed by atoms with Crippen LogP contribution in [0, 0.1) is 22.7 Å². The number of nitrogens with zero attached hydrogens (tertiary/aromatic N) is 3. The van der Waals surface area contributed by atoms with E-state index in [1.807, 2.05) is 0 Å². The third-order valence-electron chi connectivity index (χ3n) is 4.90. The lowest BCUT2D eigenvalue weighted by atomic mass is 9.90. The fourth-order valence-electron chi connectivity index (χ4n) is 3.17. The largest absolute Gasteiger partial charge is 0.383 e.